The summed E-state index contributed by atoms with van der Waals surface area (Å²) in [5, 5.41) is 8.31. The van der Waals surface area contributed by atoms with Gasteiger partial charge in [-0.05, 0) is 38.8 Å². The summed E-state index contributed by atoms with van der Waals surface area (Å²) < 4.78 is 5.47. The summed E-state index contributed by atoms with van der Waals surface area (Å²) in [6, 6.07) is 3.09. The normalized spacial score (nSPS) is 12.8. The van der Waals surface area contributed by atoms with Gasteiger partial charge in [0.05, 0.1) is 35.7 Å². The van der Waals surface area contributed by atoms with E-state index in [4.69, 9.17) is 4.74 Å². The van der Waals surface area contributed by atoms with E-state index in [0.29, 0.717) is 11.6 Å². The molecule has 2 amide bonds. The molecule has 0 radical (unpaired) electrons. The van der Waals surface area contributed by atoms with E-state index in [0.717, 1.165) is 18.5 Å². The summed E-state index contributed by atoms with van der Waals surface area (Å²) in [4.78, 5) is 45.8. The summed E-state index contributed by atoms with van der Waals surface area (Å²) in [5.74, 6) is 0.153. The third-order valence-electron chi connectivity index (χ3n) is 4.45. The van der Waals surface area contributed by atoms with Crippen LogP contribution in [0.3, 0.4) is 0 Å². The molecule has 3 N–H and O–H groups in total. The van der Waals surface area contributed by atoms with Crippen molar-refractivity contribution in [1.82, 2.24) is 30.2 Å². The van der Waals surface area contributed by atoms with Crippen molar-refractivity contribution < 1.29 is 14.3 Å². The zero-order valence-corrected chi connectivity index (χ0v) is 17.6. The first-order valence-electron chi connectivity index (χ1n) is 10.1. The molecule has 0 unspecified atom stereocenters. The quantitative estimate of drug-likeness (QED) is 0.511. The molecule has 11 nitrogen and oxygen atoms in total. The maximum atomic E-state index is 12.7. The Morgan fingerprint density at radius 1 is 1.12 bits per heavy atom. The fourth-order valence-electron chi connectivity index (χ4n) is 2.86. The van der Waals surface area contributed by atoms with E-state index in [1.165, 1.54) is 12.5 Å². The summed E-state index contributed by atoms with van der Waals surface area (Å²) in [5.41, 5.74) is 1.61. The third kappa shape index (κ3) is 5.31. The molecule has 1 aliphatic rings. The second-order valence-electron chi connectivity index (χ2n) is 7.52. The van der Waals surface area contributed by atoms with Gasteiger partial charge in [0.15, 0.2) is 11.5 Å². The Labute approximate surface area is 184 Å². The van der Waals surface area contributed by atoms with Crippen molar-refractivity contribution in [3.05, 3.63) is 54.6 Å². The molecule has 0 spiro atoms. The van der Waals surface area contributed by atoms with Gasteiger partial charge in [-0.3, -0.25) is 10.1 Å². The van der Waals surface area contributed by atoms with Gasteiger partial charge < -0.3 is 15.4 Å². The number of pyridine rings is 1. The first kappa shape index (κ1) is 21.1. The van der Waals surface area contributed by atoms with Crippen molar-refractivity contribution >= 4 is 29.2 Å². The maximum absolute atomic E-state index is 12.7. The molecule has 4 rings (SSSR count). The van der Waals surface area contributed by atoms with Gasteiger partial charge in [-0.2, -0.15) is 0 Å². The zero-order valence-electron chi connectivity index (χ0n) is 17.6. The molecule has 3 aromatic rings. The van der Waals surface area contributed by atoms with Gasteiger partial charge in [-0.25, -0.2) is 29.7 Å². The molecule has 1 saturated carbocycles. The first-order valence-corrected chi connectivity index (χ1v) is 10.1. The highest BCUT2D eigenvalue weighted by molar-refractivity contribution is 6.01. The second-order valence-corrected chi connectivity index (χ2v) is 7.52. The second kappa shape index (κ2) is 9.33. The molecule has 3 heterocycles. The van der Waals surface area contributed by atoms with Gasteiger partial charge in [0.1, 0.15) is 6.33 Å². The predicted octanol–water partition coefficient (Wildman–Crippen LogP) is 3.03. The molecular weight excluding hydrogens is 412 g/mol. The molecule has 0 bridgehead atoms. The van der Waals surface area contributed by atoms with E-state index in [1.807, 2.05) is 13.8 Å². The largest absolute Gasteiger partial charge is 0.418 e. The van der Waals surface area contributed by atoms with Crippen molar-refractivity contribution in [2.45, 2.75) is 38.6 Å². The van der Waals surface area contributed by atoms with Gasteiger partial charge in [-0.15, -0.1) is 0 Å². The van der Waals surface area contributed by atoms with E-state index in [1.54, 1.807) is 30.7 Å². The number of aromatic nitrogens is 5. The van der Waals surface area contributed by atoms with Crippen molar-refractivity contribution in [3.8, 4) is 5.88 Å². The fraction of sp³-hybridized carbons (Fsp3) is 0.286. The number of carbonyl (C=O) groups excluding carboxylic acids is 2. The van der Waals surface area contributed by atoms with E-state index < -0.39 is 12.0 Å². The van der Waals surface area contributed by atoms with E-state index in [-0.39, 0.29) is 29.1 Å². The molecule has 11 heteroatoms. The van der Waals surface area contributed by atoms with Crippen molar-refractivity contribution in [2.75, 3.05) is 10.6 Å². The smallest absolute Gasteiger partial charge is 0.387 e. The lowest BCUT2D eigenvalue weighted by molar-refractivity contribution is 0.0939. The topological polar surface area (TPSA) is 144 Å². The minimum absolute atomic E-state index is 0.00725. The first-order chi connectivity index (χ1) is 15.5. The summed E-state index contributed by atoms with van der Waals surface area (Å²) in [6.45, 7) is 3.67. The van der Waals surface area contributed by atoms with Gasteiger partial charge in [0, 0.05) is 18.2 Å². The van der Waals surface area contributed by atoms with Crippen LogP contribution in [0.2, 0.25) is 0 Å². The molecule has 0 aliphatic heterocycles. The van der Waals surface area contributed by atoms with Gasteiger partial charge in [-0.1, -0.05) is 0 Å². The number of carbonyl (C=O) groups is 2. The molecule has 0 aromatic carbocycles. The van der Waals surface area contributed by atoms with Crippen molar-refractivity contribution in [2.24, 2.45) is 0 Å². The lowest BCUT2D eigenvalue weighted by Gasteiger charge is -2.14. The van der Waals surface area contributed by atoms with Gasteiger partial charge in [0.25, 0.3) is 11.8 Å². The molecule has 32 heavy (non-hydrogen) atoms. The monoisotopic (exact) mass is 434 g/mol. The van der Waals surface area contributed by atoms with Crippen LogP contribution >= 0.6 is 0 Å². The fourth-order valence-corrected chi connectivity index (χ4v) is 2.86. The molecule has 0 saturated heterocycles. The molecule has 164 valence electrons. The lowest BCUT2D eigenvalue weighted by atomic mass is 10.2. The van der Waals surface area contributed by atoms with Gasteiger partial charge in [0.2, 0.25) is 0 Å². The van der Waals surface area contributed by atoms with Crippen LogP contribution in [-0.2, 0) is 0 Å². The number of amides is 2. The lowest BCUT2D eigenvalue weighted by Crippen LogP contribution is -2.32. The van der Waals surface area contributed by atoms with Crippen molar-refractivity contribution in [3.63, 3.8) is 0 Å². The molecule has 1 aliphatic carbocycles. The van der Waals surface area contributed by atoms with Crippen LogP contribution in [0.25, 0.3) is 0 Å². The number of hydrogen-bond acceptors (Lipinski definition) is 9. The van der Waals surface area contributed by atoms with E-state index in [2.05, 4.69) is 40.9 Å². The summed E-state index contributed by atoms with van der Waals surface area (Å²) >= 11 is 0. The average molecular weight is 434 g/mol. The molecule has 3 aromatic heterocycles. The van der Waals surface area contributed by atoms with Crippen LogP contribution in [0.5, 0.6) is 5.88 Å². The number of rotatable bonds is 7. The Hall–Kier alpha value is -4.15. The van der Waals surface area contributed by atoms with Crippen LogP contribution in [-0.4, -0.2) is 43.0 Å². The van der Waals surface area contributed by atoms with Crippen LogP contribution < -0.4 is 20.7 Å². The van der Waals surface area contributed by atoms with Crippen LogP contribution in [0.1, 0.15) is 48.8 Å². The summed E-state index contributed by atoms with van der Waals surface area (Å²) in [7, 11) is 0. The molecular formula is C21H22N8O3. The Morgan fingerprint density at radius 3 is 2.62 bits per heavy atom. The third-order valence-corrected chi connectivity index (χ3v) is 4.45. The highest BCUT2D eigenvalue weighted by atomic mass is 16.6. The zero-order chi connectivity index (χ0) is 22.5. The standard InChI is InChI=1S/C21H22N8O3/c1-12(2)26-19(30)17-15(4-3-7-24-17)29-21(31)32-20-18(27-14-8-22-11-23-9-14)25-10-16(28-20)13-5-6-13/h3-4,7-13H,5-6H2,1-2H3,(H,25,27)(H,26,30)(H,29,31). The molecule has 1 fully saturated rings. The minimum atomic E-state index is -0.828. The van der Waals surface area contributed by atoms with E-state index in [9.17, 15) is 9.59 Å². The number of anilines is 3. The Morgan fingerprint density at radius 2 is 1.91 bits per heavy atom. The average Bonchev–Trinajstić information content (AvgIpc) is 3.61. The van der Waals surface area contributed by atoms with E-state index >= 15 is 0 Å². The minimum Gasteiger partial charge on any atom is -0.387 e. The van der Waals surface area contributed by atoms with Gasteiger partial charge >= 0.3 is 6.09 Å². The van der Waals surface area contributed by atoms with Crippen LogP contribution in [0.4, 0.5) is 22.0 Å². The molecule has 0 atom stereocenters. The SMILES string of the molecule is CC(C)NC(=O)c1ncccc1NC(=O)Oc1nc(C2CC2)cnc1Nc1cncnc1. The maximum Gasteiger partial charge on any atom is 0.418 e. The number of ether oxygens (including phenoxy) is 1. The predicted molar refractivity (Wildman–Crippen MR) is 116 cm³/mol. The van der Waals surface area contributed by atoms with Crippen LogP contribution in [0, 0.1) is 0 Å². The Kier molecular flexibility index (Phi) is 6.15. The van der Waals surface area contributed by atoms with Crippen molar-refractivity contribution in [1.29, 1.82) is 0 Å². The number of nitrogens with zero attached hydrogens (tertiary/aromatic N) is 5. The number of nitrogens with one attached hydrogen (secondary N) is 3. The van der Waals surface area contributed by atoms with Crippen LogP contribution in [0.15, 0.2) is 43.2 Å². The summed E-state index contributed by atoms with van der Waals surface area (Å²) in [6.07, 6.45) is 8.85. The highest BCUT2D eigenvalue weighted by Crippen LogP contribution is 2.40. The highest BCUT2D eigenvalue weighted by Gasteiger charge is 2.27. The Bertz CT molecular complexity index is 1120. The number of hydrogen-bond donors (Lipinski definition) is 3. The Balaban J connectivity index is 1.54.